The van der Waals surface area contributed by atoms with Gasteiger partial charge in [-0.15, -0.1) is 0 Å². The first-order valence-corrected chi connectivity index (χ1v) is 6.87. The Balaban J connectivity index is 1.98. The molecule has 0 saturated heterocycles. The van der Waals surface area contributed by atoms with Crippen LogP contribution in [0.1, 0.15) is 21.5 Å². The molecule has 0 radical (unpaired) electrons. The predicted molar refractivity (Wildman–Crippen MR) is 82.0 cm³/mol. The van der Waals surface area contributed by atoms with Crippen molar-refractivity contribution in [2.45, 2.75) is 13.1 Å². The number of halogens is 2. The Morgan fingerprint density at radius 3 is 2.25 bits per heavy atom. The van der Waals surface area contributed by atoms with E-state index in [1.807, 2.05) is 24.3 Å². The van der Waals surface area contributed by atoms with Crippen molar-refractivity contribution < 1.29 is 4.79 Å². The Morgan fingerprint density at radius 2 is 1.65 bits per heavy atom. The van der Waals surface area contributed by atoms with E-state index in [1.54, 1.807) is 18.2 Å². The zero-order chi connectivity index (χ0) is 14.5. The van der Waals surface area contributed by atoms with Gasteiger partial charge in [0.2, 0.25) is 0 Å². The van der Waals surface area contributed by atoms with Crippen LogP contribution < -0.4 is 11.1 Å². The summed E-state index contributed by atoms with van der Waals surface area (Å²) in [5, 5.41) is 3.63. The van der Waals surface area contributed by atoms with Gasteiger partial charge in [-0.3, -0.25) is 4.79 Å². The minimum Gasteiger partial charge on any atom is -0.348 e. The van der Waals surface area contributed by atoms with Crippen molar-refractivity contribution in [2.24, 2.45) is 5.73 Å². The van der Waals surface area contributed by atoms with Crippen LogP contribution in [0, 0.1) is 0 Å². The topological polar surface area (TPSA) is 55.1 Å². The van der Waals surface area contributed by atoms with Crippen molar-refractivity contribution in [1.82, 2.24) is 5.32 Å². The summed E-state index contributed by atoms with van der Waals surface area (Å²) < 4.78 is 0. The molecule has 0 aliphatic heterocycles. The van der Waals surface area contributed by atoms with Crippen LogP contribution in [0.3, 0.4) is 0 Å². The number of nitrogens with two attached hydrogens (primary N) is 1. The highest BCUT2D eigenvalue weighted by Crippen LogP contribution is 2.22. The molecule has 20 heavy (non-hydrogen) atoms. The largest absolute Gasteiger partial charge is 0.348 e. The molecule has 2 aromatic rings. The number of hydrogen-bond acceptors (Lipinski definition) is 2. The Hall–Kier alpha value is -1.55. The van der Waals surface area contributed by atoms with Gasteiger partial charge in [0.05, 0.1) is 10.0 Å². The van der Waals surface area contributed by atoms with E-state index in [0.29, 0.717) is 28.7 Å². The summed E-state index contributed by atoms with van der Waals surface area (Å²) in [7, 11) is 0. The molecule has 0 spiro atoms. The molecule has 1 amide bonds. The van der Waals surface area contributed by atoms with Gasteiger partial charge >= 0.3 is 0 Å². The molecular formula is C15H14Cl2N2O. The van der Waals surface area contributed by atoms with Crippen molar-refractivity contribution in [3.05, 3.63) is 69.2 Å². The van der Waals surface area contributed by atoms with E-state index in [-0.39, 0.29) is 5.91 Å². The van der Waals surface area contributed by atoms with E-state index < -0.39 is 0 Å². The van der Waals surface area contributed by atoms with Gasteiger partial charge in [0.15, 0.2) is 0 Å². The molecule has 2 aromatic carbocycles. The van der Waals surface area contributed by atoms with Gasteiger partial charge in [-0.25, -0.2) is 0 Å². The smallest absolute Gasteiger partial charge is 0.251 e. The van der Waals surface area contributed by atoms with Gasteiger partial charge in [0, 0.05) is 18.7 Å². The molecule has 3 nitrogen and oxygen atoms in total. The van der Waals surface area contributed by atoms with Crippen LogP contribution in [-0.2, 0) is 13.1 Å². The molecule has 3 N–H and O–H groups in total. The summed E-state index contributed by atoms with van der Waals surface area (Å²) >= 11 is 11.7. The second-order valence-electron chi connectivity index (χ2n) is 4.33. The molecular weight excluding hydrogens is 295 g/mol. The van der Waals surface area contributed by atoms with E-state index in [0.717, 1.165) is 11.1 Å². The molecule has 0 aromatic heterocycles. The Kier molecular flexibility index (Phi) is 5.01. The van der Waals surface area contributed by atoms with E-state index >= 15 is 0 Å². The summed E-state index contributed by atoms with van der Waals surface area (Å²) in [5.74, 6) is -0.188. The quantitative estimate of drug-likeness (QED) is 0.909. The number of carbonyl (C=O) groups excluding carboxylic acids is 1. The molecule has 0 bridgehead atoms. The number of rotatable bonds is 4. The Labute approximate surface area is 127 Å². The molecule has 0 aliphatic carbocycles. The summed E-state index contributed by atoms with van der Waals surface area (Å²) in [6.45, 7) is 0.958. The average Bonchev–Trinajstić information content (AvgIpc) is 2.48. The summed E-state index contributed by atoms with van der Waals surface area (Å²) in [5.41, 5.74) is 8.09. The summed E-state index contributed by atoms with van der Waals surface area (Å²) in [4.78, 5) is 12.0. The number of amides is 1. The van der Waals surface area contributed by atoms with Gasteiger partial charge in [0.1, 0.15) is 0 Å². The highest BCUT2D eigenvalue weighted by Gasteiger charge is 2.07. The van der Waals surface area contributed by atoms with E-state index in [9.17, 15) is 4.79 Å². The third kappa shape index (κ3) is 3.73. The lowest BCUT2D eigenvalue weighted by molar-refractivity contribution is 0.0951. The Morgan fingerprint density at radius 1 is 1.00 bits per heavy atom. The Bertz CT molecular complexity index is 612. The van der Waals surface area contributed by atoms with Crippen molar-refractivity contribution in [3.63, 3.8) is 0 Å². The van der Waals surface area contributed by atoms with E-state index in [4.69, 9.17) is 28.9 Å². The van der Waals surface area contributed by atoms with E-state index in [2.05, 4.69) is 5.32 Å². The molecule has 0 fully saturated rings. The number of carbonyl (C=O) groups is 1. The van der Waals surface area contributed by atoms with Gasteiger partial charge in [-0.2, -0.15) is 0 Å². The van der Waals surface area contributed by atoms with Crippen LogP contribution in [0.4, 0.5) is 0 Å². The molecule has 0 atom stereocenters. The fraction of sp³-hybridized carbons (Fsp3) is 0.133. The third-order valence-electron chi connectivity index (χ3n) is 2.89. The zero-order valence-electron chi connectivity index (χ0n) is 10.7. The highest BCUT2D eigenvalue weighted by atomic mass is 35.5. The van der Waals surface area contributed by atoms with Gasteiger partial charge < -0.3 is 11.1 Å². The normalized spacial score (nSPS) is 10.3. The standard InChI is InChI=1S/C15H14Cl2N2O/c16-13-6-5-12(7-14(13)17)15(20)19-9-11-3-1-10(8-18)2-4-11/h1-7H,8-9,18H2,(H,19,20). The van der Waals surface area contributed by atoms with Crippen LogP contribution >= 0.6 is 23.2 Å². The van der Waals surface area contributed by atoms with Crippen LogP contribution in [0.5, 0.6) is 0 Å². The van der Waals surface area contributed by atoms with Crippen LogP contribution in [0.2, 0.25) is 10.0 Å². The number of benzene rings is 2. The summed E-state index contributed by atoms with van der Waals surface area (Å²) in [6.07, 6.45) is 0. The SMILES string of the molecule is NCc1ccc(CNC(=O)c2ccc(Cl)c(Cl)c2)cc1. The fourth-order valence-electron chi connectivity index (χ4n) is 1.71. The molecule has 0 saturated carbocycles. The number of hydrogen-bond donors (Lipinski definition) is 2. The van der Waals surface area contributed by atoms with Gasteiger partial charge in [-0.1, -0.05) is 47.5 Å². The van der Waals surface area contributed by atoms with Crippen molar-refractivity contribution in [3.8, 4) is 0 Å². The van der Waals surface area contributed by atoms with Crippen LogP contribution in [0.25, 0.3) is 0 Å². The lowest BCUT2D eigenvalue weighted by Gasteiger charge is -2.07. The second kappa shape index (κ2) is 6.75. The van der Waals surface area contributed by atoms with Crippen LogP contribution in [-0.4, -0.2) is 5.91 Å². The van der Waals surface area contributed by atoms with Crippen molar-refractivity contribution >= 4 is 29.1 Å². The van der Waals surface area contributed by atoms with Crippen LogP contribution in [0.15, 0.2) is 42.5 Å². The maximum absolute atomic E-state index is 12.0. The van der Waals surface area contributed by atoms with Gasteiger partial charge in [-0.05, 0) is 29.3 Å². The van der Waals surface area contributed by atoms with Crippen molar-refractivity contribution in [1.29, 1.82) is 0 Å². The lowest BCUT2D eigenvalue weighted by Crippen LogP contribution is -2.22. The molecule has 104 valence electrons. The fourth-order valence-corrected chi connectivity index (χ4v) is 2.01. The zero-order valence-corrected chi connectivity index (χ0v) is 12.2. The van der Waals surface area contributed by atoms with Gasteiger partial charge in [0.25, 0.3) is 5.91 Å². The summed E-state index contributed by atoms with van der Waals surface area (Å²) in [6, 6.07) is 12.6. The maximum Gasteiger partial charge on any atom is 0.251 e. The minimum atomic E-state index is -0.188. The monoisotopic (exact) mass is 308 g/mol. The first-order chi connectivity index (χ1) is 9.60. The molecule has 0 heterocycles. The van der Waals surface area contributed by atoms with E-state index in [1.165, 1.54) is 0 Å². The number of nitrogens with one attached hydrogen (secondary N) is 1. The highest BCUT2D eigenvalue weighted by molar-refractivity contribution is 6.42. The maximum atomic E-state index is 12.0. The minimum absolute atomic E-state index is 0.188. The third-order valence-corrected chi connectivity index (χ3v) is 3.63. The molecule has 0 aliphatic rings. The predicted octanol–water partition coefficient (Wildman–Crippen LogP) is 3.38. The molecule has 5 heteroatoms. The lowest BCUT2D eigenvalue weighted by atomic mass is 10.1. The van der Waals surface area contributed by atoms with Crippen molar-refractivity contribution in [2.75, 3.05) is 0 Å². The first-order valence-electron chi connectivity index (χ1n) is 6.11. The average molecular weight is 309 g/mol. The molecule has 0 unspecified atom stereocenters. The molecule has 2 rings (SSSR count). The second-order valence-corrected chi connectivity index (χ2v) is 5.15. The first kappa shape index (κ1) is 14.9.